The molecule has 0 atom stereocenters. The Morgan fingerprint density at radius 1 is 0.253 bits per heavy atom. The zero-order valence-electron chi connectivity index (χ0n) is 40.3. The standard InChI is InChI=1S/C70H41N3O2/c1-2-14-42(15-3-1)43-30-34-46(35-31-43)67-71-68(48-37-39-62-55(41-48)52-18-7-11-26-61(52)74-62)73-69(72-67)54-21-13-27-64-66(54)56-40-47(36-38-63(56)75-64)44-28-32-45(33-29-44)49-20-12-25-60-65(49)53-19-6-10-24-59(53)70(60)57-22-8-4-16-50(57)51-17-5-9-23-58(51)70/h1-41H. The summed E-state index contributed by atoms with van der Waals surface area (Å²) >= 11 is 0. The monoisotopic (exact) mass is 955 g/mol. The van der Waals surface area contributed by atoms with Gasteiger partial charge in [-0.25, -0.2) is 15.0 Å². The molecule has 0 fully saturated rings. The van der Waals surface area contributed by atoms with Gasteiger partial charge < -0.3 is 8.83 Å². The van der Waals surface area contributed by atoms with E-state index in [1.165, 1.54) is 55.6 Å². The van der Waals surface area contributed by atoms with E-state index in [1.54, 1.807) is 0 Å². The van der Waals surface area contributed by atoms with Crippen LogP contribution in [0.2, 0.25) is 0 Å². The quantitative estimate of drug-likeness (QED) is 0.166. The predicted molar refractivity (Wildman–Crippen MR) is 303 cm³/mol. The van der Waals surface area contributed by atoms with Crippen LogP contribution in [0, 0.1) is 0 Å². The molecule has 75 heavy (non-hydrogen) atoms. The van der Waals surface area contributed by atoms with E-state index < -0.39 is 0 Å². The Morgan fingerprint density at radius 3 is 1.47 bits per heavy atom. The molecule has 0 N–H and O–H groups in total. The Labute approximate surface area is 431 Å². The molecule has 0 saturated carbocycles. The Morgan fingerprint density at radius 2 is 0.707 bits per heavy atom. The van der Waals surface area contributed by atoms with Gasteiger partial charge in [0.25, 0.3) is 0 Å². The molecule has 5 heteroatoms. The minimum absolute atomic E-state index is 0.390. The smallest absolute Gasteiger partial charge is 0.164 e. The fraction of sp³-hybridized carbons (Fsp3) is 0.0143. The van der Waals surface area contributed by atoms with Gasteiger partial charge in [-0.3, -0.25) is 0 Å². The fourth-order valence-electron chi connectivity index (χ4n) is 12.5. The van der Waals surface area contributed by atoms with Crippen LogP contribution in [0.4, 0.5) is 0 Å². The van der Waals surface area contributed by atoms with Gasteiger partial charge in [0.1, 0.15) is 22.3 Å². The first kappa shape index (κ1) is 41.6. The lowest BCUT2D eigenvalue weighted by molar-refractivity contribution is 0.668. The first-order chi connectivity index (χ1) is 37.2. The maximum absolute atomic E-state index is 6.62. The molecule has 0 unspecified atom stereocenters. The minimum atomic E-state index is -0.390. The molecule has 14 aromatic rings. The molecule has 2 aliphatic rings. The van der Waals surface area contributed by atoms with E-state index in [0.717, 1.165) is 82.8 Å². The van der Waals surface area contributed by atoms with Crippen molar-refractivity contribution in [2.24, 2.45) is 0 Å². The first-order valence-electron chi connectivity index (χ1n) is 25.5. The highest BCUT2D eigenvalue weighted by atomic mass is 16.3. The van der Waals surface area contributed by atoms with E-state index in [1.807, 2.05) is 48.5 Å². The SMILES string of the molecule is c1ccc(-c2ccc(-c3nc(-c4ccc5oc6ccccc6c5c4)nc(-c4cccc5oc6ccc(-c7ccc(-c8cccc9c8-c8ccccc8C98c9ccccc9-c9ccccc98)cc7)cc6c45)n3)cc2)cc1. The van der Waals surface area contributed by atoms with Gasteiger partial charge in [0.15, 0.2) is 17.5 Å². The van der Waals surface area contributed by atoms with Crippen LogP contribution in [0.3, 0.4) is 0 Å². The normalized spacial score (nSPS) is 12.9. The average molecular weight is 956 g/mol. The first-order valence-corrected chi connectivity index (χ1v) is 25.5. The van der Waals surface area contributed by atoms with Crippen LogP contribution < -0.4 is 0 Å². The summed E-state index contributed by atoms with van der Waals surface area (Å²) in [7, 11) is 0. The summed E-state index contributed by atoms with van der Waals surface area (Å²) in [4.78, 5) is 15.7. The largest absolute Gasteiger partial charge is 0.456 e. The molecule has 0 radical (unpaired) electrons. The van der Waals surface area contributed by atoms with Crippen LogP contribution >= 0.6 is 0 Å². The molecule has 0 saturated heterocycles. The number of nitrogens with zero attached hydrogens (tertiary/aromatic N) is 3. The van der Waals surface area contributed by atoms with E-state index in [2.05, 4.69) is 200 Å². The summed E-state index contributed by atoms with van der Waals surface area (Å²) < 4.78 is 12.8. The van der Waals surface area contributed by atoms with Crippen molar-refractivity contribution in [1.82, 2.24) is 15.0 Å². The van der Waals surface area contributed by atoms with Crippen molar-refractivity contribution in [2.75, 3.05) is 0 Å². The zero-order chi connectivity index (χ0) is 49.2. The van der Waals surface area contributed by atoms with Crippen LogP contribution in [0.1, 0.15) is 22.3 Å². The molecular formula is C70H41N3O2. The van der Waals surface area contributed by atoms with Crippen molar-refractivity contribution < 1.29 is 8.83 Å². The number of fused-ring (bicyclic) bond motifs is 16. The highest BCUT2D eigenvalue weighted by molar-refractivity contribution is 6.13. The van der Waals surface area contributed by atoms with E-state index in [4.69, 9.17) is 23.8 Å². The molecule has 0 aliphatic heterocycles. The molecule has 5 nitrogen and oxygen atoms in total. The highest BCUT2D eigenvalue weighted by Gasteiger charge is 2.52. The lowest BCUT2D eigenvalue weighted by atomic mass is 9.70. The fourth-order valence-corrected chi connectivity index (χ4v) is 12.5. The van der Waals surface area contributed by atoms with Gasteiger partial charge >= 0.3 is 0 Å². The summed E-state index contributed by atoms with van der Waals surface area (Å²) in [6.07, 6.45) is 0. The highest BCUT2D eigenvalue weighted by Crippen LogP contribution is 2.64. The van der Waals surface area contributed by atoms with E-state index in [0.29, 0.717) is 17.5 Å². The van der Waals surface area contributed by atoms with Crippen molar-refractivity contribution in [2.45, 2.75) is 5.41 Å². The topological polar surface area (TPSA) is 65.0 Å². The predicted octanol–water partition coefficient (Wildman–Crippen LogP) is 18.0. The van der Waals surface area contributed by atoms with Crippen molar-refractivity contribution in [1.29, 1.82) is 0 Å². The minimum Gasteiger partial charge on any atom is -0.456 e. The second-order valence-corrected chi connectivity index (χ2v) is 19.7. The number of hydrogen-bond acceptors (Lipinski definition) is 5. The summed E-state index contributed by atoms with van der Waals surface area (Å²) in [5.74, 6) is 1.71. The molecule has 348 valence electrons. The van der Waals surface area contributed by atoms with Gasteiger partial charge in [0, 0.05) is 38.2 Å². The van der Waals surface area contributed by atoms with Crippen LogP contribution in [0.15, 0.2) is 258 Å². The van der Waals surface area contributed by atoms with Crippen LogP contribution in [0.5, 0.6) is 0 Å². The maximum atomic E-state index is 6.62. The number of furan rings is 2. The van der Waals surface area contributed by atoms with E-state index in [-0.39, 0.29) is 5.41 Å². The average Bonchev–Trinajstić information content (AvgIpc) is 4.23. The van der Waals surface area contributed by atoms with Crippen molar-refractivity contribution in [3.8, 4) is 89.8 Å². The maximum Gasteiger partial charge on any atom is 0.164 e. The molecule has 0 bridgehead atoms. The van der Waals surface area contributed by atoms with Crippen LogP contribution in [-0.4, -0.2) is 15.0 Å². The Hall–Kier alpha value is -9.97. The lowest BCUT2D eigenvalue weighted by Crippen LogP contribution is -2.25. The molecule has 3 aromatic heterocycles. The third-order valence-corrected chi connectivity index (χ3v) is 15.8. The van der Waals surface area contributed by atoms with Crippen molar-refractivity contribution in [3.05, 3.63) is 271 Å². The molecule has 11 aromatic carbocycles. The summed E-state index contributed by atoms with van der Waals surface area (Å²) in [5, 5.41) is 4.00. The van der Waals surface area contributed by atoms with Crippen molar-refractivity contribution >= 4 is 43.9 Å². The number of hydrogen-bond donors (Lipinski definition) is 0. The van der Waals surface area contributed by atoms with Gasteiger partial charge in [-0.1, -0.05) is 206 Å². The van der Waals surface area contributed by atoms with Crippen LogP contribution in [-0.2, 0) is 5.41 Å². The third-order valence-electron chi connectivity index (χ3n) is 15.8. The molecule has 1 spiro atoms. The van der Waals surface area contributed by atoms with Crippen molar-refractivity contribution in [3.63, 3.8) is 0 Å². The van der Waals surface area contributed by atoms with Gasteiger partial charge in [-0.15, -0.1) is 0 Å². The number of benzene rings is 11. The Kier molecular flexibility index (Phi) is 8.89. The molecular weight excluding hydrogens is 915 g/mol. The summed E-state index contributed by atoms with van der Waals surface area (Å²) in [6, 6.07) is 88.7. The summed E-state index contributed by atoms with van der Waals surface area (Å²) in [6.45, 7) is 0. The second kappa shape index (κ2) is 16.0. The zero-order valence-corrected chi connectivity index (χ0v) is 40.3. The third kappa shape index (κ3) is 6.16. The van der Waals surface area contributed by atoms with Gasteiger partial charge in [-0.05, 0) is 120 Å². The van der Waals surface area contributed by atoms with E-state index in [9.17, 15) is 0 Å². The number of para-hydroxylation sites is 1. The number of rotatable bonds is 6. The van der Waals surface area contributed by atoms with E-state index >= 15 is 0 Å². The molecule has 0 amide bonds. The molecule has 2 aliphatic carbocycles. The van der Waals surface area contributed by atoms with Gasteiger partial charge in [-0.2, -0.15) is 0 Å². The summed E-state index contributed by atoms with van der Waals surface area (Å²) in [5.41, 5.74) is 22.9. The molecule has 16 rings (SSSR count). The Bertz CT molecular complexity index is 4600. The second-order valence-electron chi connectivity index (χ2n) is 19.7. The van der Waals surface area contributed by atoms with Gasteiger partial charge in [0.05, 0.1) is 5.41 Å². The van der Waals surface area contributed by atoms with Crippen LogP contribution in [0.25, 0.3) is 134 Å². The van der Waals surface area contributed by atoms with Gasteiger partial charge in [0.2, 0.25) is 0 Å². The molecule has 3 heterocycles. The Balaban J connectivity index is 0.812. The number of aromatic nitrogens is 3. The lowest BCUT2D eigenvalue weighted by Gasteiger charge is -2.30.